The molecule has 3 amide bonds. The number of halogens is 1. The molecule has 9 heteroatoms. The van der Waals surface area contributed by atoms with Gasteiger partial charge in [-0.25, -0.2) is 4.79 Å². The van der Waals surface area contributed by atoms with Crippen LogP contribution in [0.3, 0.4) is 0 Å². The van der Waals surface area contributed by atoms with Gasteiger partial charge in [0, 0.05) is 23.3 Å². The zero-order valence-corrected chi connectivity index (χ0v) is 16.8. The van der Waals surface area contributed by atoms with Crippen molar-refractivity contribution in [3.8, 4) is 17.1 Å². The molecule has 0 saturated heterocycles. The fourth-order valence-electron chi connectivity index (χ4n) is 2.50. The van der Waals surface area contributed by atoms with Crippen LogP contribution in [0.5, 0.6) is 0 Å². The molecule has 144 valence electrons. The van der Waals surface area contributed by atoms with Crippen molar-refractivity contribution in [2.24, 2.45) is 0 Å². The van der Waals surface area contributed by atoms with Gasteiger partial charge in [-0.3, -0.25) is 14.7 Å². The summed E-state index contributed by atoms with van der Waals surface area (Å²) in [6, 6.07) is 14.7. The van der Waals surface area contributed by atoms with Crippen LogP contribution in [0.2, 0.25) is 5.02 Å². The maximum Gasteiger partial charge on any atom is 0.321 e. The van der Waals surface area contributed by atoms with E-state index in [1.807, 2.05) is 47.9 Å². The van der Waals surface area contributed by atoms with Crippen molar-refractivity contribution in [2.75, 3.05) is 12.8 Å². The Balaban J connectivity index is 1.95. The largest absolute Gasteiger partial charge is 0.341 e. The van der Waals surface area contributed by atoms with Crippen molar-refractivity contribution in [1.82, 2.24) is 25.4 Å². The summed E-state index contributed by atoms with van der Waals surface area (Å²) >= 11 is 7.19. The van der Waals surface area contributed by atoms with Crippen molar-refractivity contribution < 1.29 is 9.59 Å². The Kier molecular flexibility index (Phi) is 6.33. The van der Waals surface area contributed by atoms with E-state index in [1.165, 1.54) is 18.8 Å². The Morgan fingerprint density at radius 2 is 1.89 bits per heavy atom. The summed E-state index contributed by atoms with van der Waals surface area (Å²) in [4.78, 5) is 23.2. The molecule has 2 N–H and O–H groups in total. The molecular formula is C19H18ClN5O2S. The third-order valence-electron chi connectivity index (χ3n) is 3.81. The number of nitrogens with one attached hydrogen (secondary N) is 2. The summed E-state index contributed by atoms with van der Waals surface area (Å²) in [5.41, 5.74) is 2.81. The smallest absolute Gasteiger partial charge is 0.321 e. The summed E-state index contributed by atoms with van der Waals surface area (Å²) in [6.07, 6.45) is 0. The number of carbonyl (C=O) groups is 2. The van der Waals surface area contributed by atoms with Crippen molar-refractivity contribution in [3.63, 3.8) is 0 Å². The number of benzene rings is 2. The first-order valence-corrected chi connectivity index (χ1v) is 9.77. The van der Waals surface area contributed by atoms with Gasteiger partial charge >= 0.3 is 6.03 Å². The average molecular weight is 416 g/mol. The number of aryl methyl sites for hydroxylation is 1. The highest BCUT2D eigenvalue weighted by Gasteiger charge is 2.18. The minimum absolute atomic E-state index is 0.0258. The molecule has 0 aliphatic heterocycles. The number of hydrogen-bond acceptors (Lipinski definition) is 5. The minimum atomic E-state index is -0.549. The van der Waals surface area contributed by atoms with Crippen LogP contribution in [-0.4, -0.2) is 39.5 Å². The lowest BCUT2D eigenvalue weighted by molar-refractivity contribution is -0.117. The SMILES string of the molecule is CNC(=O)NC(=O)CSc1nnc(-c2ccc(Cl)cc2)n1-c1cccc(C)c1. The first-order chi connectivity index (χ1) is 13.5. The minimum Gasteiger partial charge on any atom is -0.341 e. The second-order valence-electron chi connectivity index (χ2n) is 5.90. The molecule has 0 fully saturated rings. The van der Waals surface area contributed by atoms with E-state index >= 15 is 0 Å². The Morgan fingerprint density at radius 1 is 1.14 bits per heavy atom. The van der Waals surface area contributed by atoms with E-state index in [-0.39, 0.29) is 5.75 Å². The fourth-order valence-corrected chi connectivity index (χ4v) is 3.38. The van der Waals surface area contributed by atoms with Crippen LogP contribution in [0.1, 0.15) is 5.56 Å². The Labute approximate surface area is 171 Å². The molecule has 1 aromatic heterocycles. The van der Waals surface area contributed by atoms with E-state index < -0.39 is 11.9 Å². The molecule has 3 rings (SSSR count). The summed E-state index contributed by atoms with van der Waals surface area (Å²) in [7, 11) is 1.45. The highest BCUT2D eigenvalue weighted by atomic mass is 35.5. The zero-order chi connectivity index (χ0) is 20.1. The van der Waals surface area contributed by atoms with Crippen molar-refractivity contribution in [2.45, 2.75) is 12.1 Å². The van der Waals surface area contributed by atoms with E-state index in [9.17, 15) is 9.59 Å². The van der Waals surface area contributed by atoms with Gasteiger partial charge in [-0.2, -0.15) is 0 Å². The second kappa shape index (κ2) is 8.90. The van der Waals surface area contributed by atoms with E-state index in [1.54, 1.807) is 12.1 Å². The third kappa shape index (κ3) is 4.71. The number of rotatable bonds is 5. The maximum absolute atomic E-state index is 11.9. The first kappa shape index (κ1) is 19.9. The molecule has 0 saturated carbocycles. The first-order valence-electron chi connectivity index (χ1n) is 8.40. The van der Waals surface area contributed by atoms with Crippen LogP contribution in [0.15, 0.2) is 53.7 Å². The highest BCUT2D eigenvalue weighted by molar-refractivity contribution is 7.99. The standard InChI is InChI=1S/C19H18ClN5O2S/c1-12-4-3-5-15(10-12)25-17(13-6-8-14(20)9-7-13)23-24-19(25)28-11-16(26)22-18(27)21-2/h3-10H,11H2,1-2H3,(H2,21,22,26,27). The topological polar surface area (TPSA) is 88.9 Å². The van der Waals surface area contributed by atoms with Crippen molar-refractivity contribution in [3.05, 3.63) is 59.1 Å². The molecule has 0 unspecified atom stereocenters. The molecule has 0 radical (unpaired) electrons. The number of thioether (sulfide) groups is 1. The van der Waals surface area contributed by atoms with E-state index in [4.69, 9.17) is 11.6 Å². The number of hydrogen-bond donors (Lipinski definition) is 2. The quantitative estimate of drug-likeness (QED) is 0.623. The molecule has 0 aliphatic rings. The summed E-state index contributed by atoms with van der Waals surface area (Å²) in [5, 5.41) is 14.3. The van der Waals surface area contributed by atoms with Crippen LogP contribution in [0.4, 0.5) is 4.79 Å². The molecule has 3 aromatic rings. The lowest BCUT2D eigenvalue weighted by atomic mass is 10.2. The Bertz CT molecular complexity index is 1000. The number of aromatic nitrogens is 3. The van der Waals surface area contributed by atoms with Crippen LogP contribution >= 0.6 is 23.4 Å². The van der Waals surface area contributed by atoms with Crippen LogP contribution in [-0.2, 0) is 4.79 Å². The number of carbonyl (C=O) groups excluding carboxylic acids is 2. The van der Waals surface area contributed by atoms with Gasteiger partial charge < -0.3 is 5.32 Å². The van der Waals surface area contributed by atoms with Crippen LogP contribution in [0.25, 0.3) is 17.1 Å². The normalized spacial score (nSPS) is 10.5. The van der Waals surface area contributed by atoms with Gasteiger partial charge in [-0.1, -0.05) is 35.5 Å². The molecule has 2 aromatic carbocycles. The average Bonchev–Trinajstić information content (AvgIpc) is 3.11. The van der Waals surface area contributed by atoms with Gasteiger partial charge in [0.15, 0.2) is 11.0 Å². The molecule has 0 atom stereocenters. The lowest BCUT2D eigenvalue weighted by Gasteiger charge is -2.11. The lowest BCUT2D eigenvalue weighted by Crippen LogP contribution is -2.38. The number of nitrogens with zero attached hydrogens (tertiary/aromatic N) is 3. The molecule has 28 heavy (non-hydrogen) atoms. The monoisotopic (exact) mass is 415 g/mol. The predicted molar refractivity (Wildman–Crippen MR) is 110 cm³/mol. The highest BCUT2D eigenvalue weighted by Crippen LogP contribution is 2.29. The molecule has 1 heterocycles. The summed E-state index contributed by atoms with van der Waals surface area (Å²) in [6.45, 7) is 2.00. The van der Waals surface area contributed by atoms with Crippen LogP contribution in [0, 0.1) is 6.92 Å². The Morgan fingerprint density at radius 3 is 2.57 bits per heavy atom. The molecule has 0 bridgehead atoms. The van der Waals surface area contributed by atoms with Gasteiger partial charge in [-0.15, -0.1) is 10.2 Å². The number of imide groups is 1. The van der Waals surface area contributed by atoms with Crippen molar-refractivity contribution in [1.29, 1.82) is 0 Å². The molecule has 0 aliphatic carbocycles. The van der Waals surface area contributed by atoms with E-state index in [2.05, 4.69) is 20.8 Å². The maximum atomic E-state index is 11.9. The third-order valence-corrected chi connectivity index (χ3v) is 4.99. The molecule has 7 nitrogen and oxygen atoms in total. The van der Waals surface area contributed by atoms with Gasteiger partial charge in [0.2, 0.25) is 5.91 Å². The molecular weight excluding hydrogens is 398 g/mol. The van der Waals surface area contributed by atoms with Crippen LogP contribution < -0.4 is 10.6 Å². The number of urea groups is 1. The van der Waals surface area contributed by atoms with Gasteiger partial charge in [0.1, 0.15) is 0 Å². The summed E-state index contributed by atoms with van der Waals surface area (Å²) < 4.78 is 1.88. The van der Waals surface area contributed by atoms with Crippen molar-refractivity contribution >= 4 is 35.3 Å². The second-order valence-corrected chi connectivity index (χ2v) is 7.28. The molecule has 0 spiro atoms. The van der Waals surface area contributed by atoms with Gasteiger partial charge in [0.05, 0.1) is 5.75 Å². The van der Waals surface area contributed by atoms with E-state index in [0.29, 0.717) is 16.0 Å². The van der Waals surface area contributed by atoms with Gasteiger partial charge in [-0.05, 0) is 48.9 Å². The number of amides is 3. The summed E-state index contributed by atoms with van der Waals surface area (Å²) in [5.74, 6) is 0.241. The fraction of sp³-hybridized carbons (Fsp3) is 0.158. The zero-order valence-electron chi connectivity index (χ0n) is 15.3. The van der Waals surface area contributed by atoms with Gasteiger partial charge in [0.25, 0.3) is 0 Å². The predicted octanol–water partition coefficient (Wildman–Crippen LogP) is 3.44. The van der Waals surface area contributed by atoms with E-state index in [0.717, 1.165) is 16.8 Å². The Hall–Kier alpha value is -2.84.